The summed E-state index contributed by atoms with van der Waals surface area (Å²) in [5.41, 5.74) is 14.4. The van der Waals surface area contributed by atoms with Crippen molar-refractivity contribution in [2.45, 2.75) is 39.5 Å². The highest BCUT2D eigenvalue weighted by atomic mass is 14.3. The van der Waals surface area contributed by atoms with Gasteiger partial charge in [0, 0.05) is 11.8 Å². The quantitative estimate of drug-likeness (QED) is 0.441. The minimum atomic E-state index is 0.373. The molecule has 0 aliphatic heterocycles. The Morgan fingerprint density at radius 3 is 1.39 bits per heavy atom. The molecule has 0 saturated carbocycles. The van der Waals surface area contributed by atoms with Gasteiger partial charge in [0.15, 0.2) is 0 Å². The zero-order valence-electron chi connectivity index (χ0n) is 17.1. The van der Waals surface area contributed by atoms with Crippen LogP contribution in [0.15, 0.2) is 83.9 Å². The van der Waals surface area contributed by atoms with Crippen LogP contribution in [-0.2, 0) is 0 Å². The van der Waals surface area contributed by atoms with E-state index < -0.39 is 0 Å². The van der Waals surface area contributed by atoms with E-state index in [2.05, 4.69) is 100 Å². The largest absolute Gasteiger partial charge is 0.0619 e. The summed E-state index contributed by atoms with van der Waals surface area (Å²) in [5.74, 6) is 0.747. The Morgan fingerprint density at radius 1 is 0.500 bits per heavy atom. The molecule has 5 rings (SSSR count). The van der Waals surface area contributed by atoms with E-state index in [-0.39, 0.29) is 0 Å². The highest BCUT2D eigenvalue weighted by Crippen LogP contribution is 2.48. The zero-order chi connectivity index (χ0) is 19.4. The summed E-state index contributed by atoms with van der Waals surface area (Å²) >= 11 is 0. The fourth-order valence-corrected chi connectivity index (χ4v) is 5.28. The van der Waals surface area contributed by atoms with Crippen LogP contribution >= 0.6 is 0 Å². The molecule has 2 unspecified atom stereocenters. The summed E-state index contributed by atoms with van der Waals surface area (Å²) in [4.78, 5) is 0. The van der Waals surface area contributed by atoms with E-state index in [4.69, 9.17) is 0 Å². The Labute approximate surface area is 168 Å². The van der Waals surface area contributed by atoms with Crippen LogP contribution in [0.1, 0.15) is 72.9 Å². The predicted octanol–water partition coefficient (Wildman–Crippen LogP) is 7.56. The Kier molecular flexibility index (Phi) is 3.91. The molecule has 0 aromatic heterocycles. The molecule has 2 aliphatic carbocycles. The van der Waals surface area contributed by atoms with Crippen molar-refractivity contribution in [2.24, 2.45) is 0 Å². The number of hydrogen-bond donors (Lipinski definition) is 0. The topological polar surface area (TPSA) is 0 Å². The molecule has 0 saturated heterocycles. The van der Waals surface area contributed by atoms with Crippen LogP contribution in [0, 0.1) is 0 Å². The van der Waals surface area contributed by atoms with Crippen LogP contribution in [0.4, 0.5) is 0 Å². The lowest BCUT2D eigenvalue weighted by Crippen LogP contribution is -2.04. The van der Waals surface area contributed by atoms with E-state index in [1.54, 1.807) is 0 Å². The molecule has 0 heteroatoms. The van der Waals surface area contributed by atoms with E-state index in [9.17, 15) is 0 Å². The van der Waals surface area contributed by atoms with Gasteiger partial charge in [0.25, 0.3) is 0 Å². The van der Waals surface area contributed by atoms with E-state index in [0.717, 1.165) is 0 Å². The van der Waals surface area contributed by atoms with Crippen molar-refractivity contribution in [1.82, 2.24) is 0 Å². The van der Waals surface area contributed by atoms with Gasteiger partial charge in [-0.1, -0.05) is 83.9 Å². The average Bonchev–Trinajstić information content (AvgIpc) is 3.13. The van der Waals surface area contributed by atoms with Gasteiger partial charge in [-0.05, 0) is 72.2 Å². The van der Waals surface area contributed by atoms with Crippen LogP contribution in [0.2, 0.25) is 0 Å². The van der Waals surface area contributed by atoms with Gasteiger partial charge < -0.3 is 0 Å². The minimum Gasteiger partial charge on any atom is -0.0619 e. The molecular weight excluding hydrogens is 336 g/mol. The molecular formula is C28H26. The van der Waals surface area contributed by atoms with Crippen molar-refractivity contribution in [3.8, 4) is 0 Å². The zero-order valence-corrected chi connectivity index (χ0v) is 17.1. The van der Waals surface area contributed by atoms with Crippen molar-refractivity contribution >= 4 is 11.1 Å². The second-order valence-electron chi connectivity index (χ2n) is 8.33. The van der Waals surface area contributed by atoms with Crippen LogP contribution in [-0.4, -0.2) is 0 Å². The van der Waals surface area contributed by atoms with Gasteiger partial charge >= 0.3 is 0 Å². The van der Waals surface area contributed by atoms with Crippen LogP contribution in [0.25, 0.3) is 11.1 Å². The van der Waals surface area contributed by atoms with Gasteiger partial charge in [-0.3, -0.25) is 0 Å². The van der Waals surface area contributed by atoms with Crippen molar-refractivity contribution in [3.05, 3.63) is 117 Å². The summed E-state index contributed by atoms with van der Waals surface area (Å²) in [7, 11) is 0. The molecule has 0 N–H and O–H groups in total. The van der Waals surface area contributed by atoms with E-state index in [1.165, 1.54) is 55.7 Å². The first-order valence-corrected chi connectivity index (χ1v) is 10.2. The Balaban J connectivity index is 1.63. The molecule has 0 spiro atoms. The smallest absolute Gasteiger partial charge is 0.0308 e. The number of fused-ring (bicyclic) bond motifs is 2. The van der Waals surface area contributed by atoms with Gasteiger partial charge in [0.2, 0.25) is 0 Å². The number of rotatable bonds is 2. The monoisotopic (exact) mass is 362 g/mol. The molecule has 0 fully saturated rings. The number of allylic oxidation sites excluding steroid dienone is 4. The summed E-state index contributed by atoms with van der Waals surface area (Å²) in [6.45, 7) is 9.13. The third-order valence-corrected chi connectivity index (χ3v) is 6.98. The molecule has 3 aromatic rings. The normalized spacial score (nSPS) is 20.6. The highest BCUT2D eigenvalue weighted by molar-refractivity contribution is 5.80. The molecule has 2 aliphatic rings. The first-order valence-electron chi connectivity index (χ1n) is 10.2. The van der Waals surface area contributed by atoms with Crippen molar-refractivity contribution in [3.63, 3.8) is 0 Å². The van der Waals surface area contributed by atoms with Crippen LogP contribution in [0.3, 0.4) is 0 Å². The molecule has 0 bridgehead atoms. The fourth-order valence-electron chi connectivity index (χ4n) is 5.28. The van der Waals surface area contributed by atoms with E-state index >= 15 is 0 Å². The van der Waals surface area contributed by atoms with Crippen LogP contribution < -0.4 is 0 Å². The SMILES string of the molecule is CC1=C(C)C(c2cccc(C3C(C)=C(C)c4ccccc43)c2)c2ccccc21. The maximum Gasteiger partial charge on any atom is 0.0308 e. The van der Waals surface area contributed by atoms with E-state index in [1.807, 2.05) is 0 Å². The maximum atomic E-state index is 2.45. The molecule has 138 valence electrons. The average molecular weight is 363 g/mol. The summed E-state index contributed by atoms with van der Waals surface area (Å²) in [6, 6.07) is 27.1. The minimum absolute atomic E-state index is 0.373. The highest BCUT2D eigenvalue weighted by Gasteiger charge is 2.30. The third kappa shape index (κ3) is 2.37. The van der Waals surface area contributed by atoms with Crippen LogP contribution in [0.5, 0.6) is 0 Å². The third-order valence-electron chi connectivity index (χ3n) is 6.98. The first kappa shape index (κ1) is 17.3. The van der Waals surface area contributed by atoms with Gasteiger partial charge in [0.05, 0.1) is 0 Å². The van der Waals surface area contributed by atoms with Gasteiger partial charge in [-0.2, -0.15) is 0 Å². The van der Waals surface area contributed by atoms with E-state index in [0.29, 0.717) is 11.8 Å². The van der Waals surface area contributed by atoms with Gasteiger partial charge in [-0.15, -0.1) is 0 Å². The lowest BCUT2D eigenvalue weighted by Gasteiger charge is -2.20. The standard InChI is InChI=1S/C28H26/c1-17-19(3)27(25-14-7-5-12-23(17)25)21-10-9-11-22(16-21)28-20(4)18(2)24-13-6-8-15-26(24)28/h5-16,27-28H,1-4H3. The van der Waals surface area contributed by atoms with Gasteiger partial charge in [-0.25, -0.2) is 0 Å². The summed E-state index contributed by atoms with van der Waals surface area (Å²) in [6.07, 6.45) is 0. The molecule has 0 heterocycles. The molecule has 2 atom stereocenters. The van der Waals surface area contributed by atoms with Gasteiger partial charge in [0.1, 0.15) is 0 Å². The Morgan fingerprint density at radius 2 is 0.929 bits per heavy atom. The molecule has 0 radical (unpaired) electrons. The fraction of sp³-hybridized carbons (Fsp3) is 0.214. The number of hydrogen-bond acceptors (Lipinski definition) is 0. The Bertz CT molecular complexity index is 1070. The van der Waals surface area contributed by atoms with Crippen molar-refractivity contribution in [2.75, 3.05) is 0 Å². The second-order valence-corrected chi connectivity index (χ2v) is 8.33. The predicted molar refractivity (Wildman–Crippen MR) is 120 cm³/mol. The molecule has 28 heavy (non-hydrogen) atoms. The lowest BCUT2D eigenvalue weighted by molar-refractivity contribution is 0.937. The summed E-state index contributed by atoms with van der Waals surface area (Å²) < 4.78 is 0. The molecule has 3 aromatic carbocycles. The maximum absolute atomic E-state index is 2.45. The Hall–Kier alpha value is -2.86. The molecule has 0 amide bonds. The first-order chi connectivity index (χ1) is 13.6. The lowest BCUT2D eigenvalue weighted by atomic mass is 9.84. The number of benzene rings is 3. The van der Waals surface area contributed by atoms with Crippen molar-refractivity contribution < 1.29 is 0 Å². The second kappa shape index (κ2) is 6.34. The molecule has 0 nitrogen and oxygen atoms in total. The summed E-state index contributed by atoms with van der Waals surface area (Å²) in [5, 5.41) is 0. The van der Waals surface area contributed by atoms with Crippen molar-refractivity contribution in [1.29, 1.82) is 0 Å².